The molecule has 2 heterocycles. The van der Waals surface area contributed by atoms with Gasteiger partial charge in [0, 0.05) is 38.4 Å². The van der Waals surface area contributed by atoms with Gasteiger partial charge in [0.25, 0.3) is 0 Å². The number of carbonyl (C=O) groups excluding carboxylic acids is 1. The fourth-order valence-corrected chi connectivity index (χ4v) is 3.72. The highest BCUT2D eigenvalue weighted by atomic mass is 16.4. The van der Waals surface area contributed by atoms with Gasteiger partial charge in [-0.25, -0.2) is 4.79 Å². The van der Waals surface area contributed by atoms with Gasteiger partial charge < -0.3 is 20.2 Å². The van der Waals surface area contributed by atoms with Crippen LogP contribution in [0.2, 0.25) is 0 Å². The number of likely N-dealkylation sites (tertiary alicyclic amines) is 1. The number of urea groups is 1. The number of anilines is 1. The molecular formula is C19H27N3O3. The molecule has 0 atom stereocenters. The van der Waals surface area contributed by atoms with E-state index in [1.807, 2.05) is 12.1 Å². The van der Waals surface area contributed by atoms with E-state index in [4.69, 9.17) is 5.11 Å². The van der Waals surface area contributed by atoms with E-state index < -0.39 is 5.97 Å². The molecule has 2 N–H and O–H groups in total. The fraction of sp³-hybridized carbons (Fsp3) is 0.579. The van der Waals surface area contributed by atoms with Crippen molar-refractivity contribution in [2.75, 3.05) is 31.1 Å². The number of hydrogen-bond acceptors (Lipinski definition) is 3. The molecule has 2 amide bonds. The summed E-state index contributed by atoms with van der Waals surface area (Å²) in [4.78, 5) is 27.5. The van der Waals surface area contributed by atoms with Crippen LogP contribution in [-0.2, 0) is 11.3 Å². The minimum atomic E-state index is -0.754. The van der Waals surface area contributed by atoms with E-state index in [2.05, 4.69) is 22.3 Å². The van der Waals surface area contributed by atoms with Crippen LogP contribution in [-0.4, -0.2) is 48.2 Å². The summed E-state index contributed by atoms with van der Waals surface area (Å²) >= 11 is 0. The van der Waals surface area contributed by atoms with Crippen LogP contribution in [0.5, 0.6) is 0 Å². The predicted molar refractivity (Wildman–Crippen MR) is 96.7 cm³/mol. The van der Waals surface area contributed by atoms with Crippen molar-refractivity contribution < 1.29 is 14.7 Å². The molecule has 2 saturated heterocycles. The standard InChI is InChI=1S/C19H27N3O3/c23-18(24)15-8-12-22(13-9-15)19(25)20-14-16-6-2-3-7-17(16)21-10-4-1-5-11-21/h2-3,6-7,15H,1,4-5,8-14H2,(H,20,25)(H,23,24). The maximum Gasteiger partial charge on any atom is 0.317 e. The summed E-state index contributed by atoms with van der Waals surface area (Å²) in [5, 5.41) is 12.1. The van der Waals surface area contributed by atoms with Crippen molar-refractivity contribution in [2.24, 2.45) is 5.92 Å². The van der Waals surface area contributed by atoms with E-state index in [9.17, 15) is 9.59 Å². The summed E-state index contributed by atoms with van der Waals surface area (Å²) in [5.74, 6) is -1.07. The summed E-state index contributed by atoms with van der Waals surface area (Å²) in [6, 6.07) is 8.16. The lowest BCUT2D eigenvalue weighted by atomic mass is 9.97. The van der Waals surface area contributed by atoms with Gasteiger partial charge in [-0.05, 0) is 43.7 Å². The van der Waals surface area contributed by atoms with Crippen molar-refractivity contribution in [3.05, 3.63) is 29.8 Å². The Morgan fingerprint density at radius 1 is 1.04 bits per heavy atom. The number of benzene rings is 1. The van der Waals surface area contributed by atoms with Crippen molar-refractivity contribution in [1.82, 2.24) is 10.2 Å². The first-order valence-corrected chi connectivity index (χ1v) is 9.23. The Morgan fingerprint density at radius 2 is 1.72 bits per heavy atom. The Morgan fingerprint density at radius 3 is 2.40 bits per heavy atom. The second-order valence-corrected chi connectivity index (χ2v) is 6.93. The number of nitrogens with one attached hydrogen (secondary N) is 1. The largest absolute Gasteiger partial charge is 0.481 e. The molecule has 3 rings (SSSR count). The molecule has 6 heteroatoms. The van der Waals surface area contributed by atoms with Crippen LogP contribution in [0.1, 0.15) is 37.7 Å². The second kappa shape index (κ2) is 8.23. The molecule has 0 unspecified atom stereocenters. The summed E-state index contributed by atoms with van der Waals surface area (Å²) in [5.41, 5.74) is 2.35. The van der Waals surface area contributed by atoms with Crippen LogP contribution < -0.4 is 10.2 Å². The smallest absolute Gasteiger partial charge is 0.317 e. The van der Waals surface area contributed by atoms with Crippen molar-refractivity contribution in [2.45, 2.75) is 38.6 Å². The Bertz CT molecular complexity index is 606. The minimum Gasteiger partial charge on any atom is -0.481 e. The topological polar surface area (TPSA) is 72.9 Å². The van der Waals surface area contributed by atoms with Crippen LogP contribution in [0.4, 0.5) is 10.5 Å². The molecular weight excluding hydrogens is 318 g/mol. The number of piperidine rings is 2. The van der Waals surface area contributed by atoms with Crippen LogP contribution >= 0.6 is 0 Å². The third kappa shape index (κ3) is 4.44. The van der Waals surface area contributed by atoms with E-state index in [0.717, 1.165) is 18.7 Å². The lowest BCUT2D eigenvalue weighted by Crippen LogP contribution is -2.45. The molecule has 0 radical (unpaired) electrons. The van der Waals surface area contributed by atoms with Gasteiger partial charge in [-0.3, -0.25) is 4.79 Å². The van der Waals surface area contributed by atoms with Gasteiger partial charge in [-0.2, -0.15) is 0 Å². The quantitative estimate of drug-likeness (QED) is 0.880. The SMILES string of the molecule is O=C(O)C1CCN(C(=O)NCc2ccccc2N2CCCCC2)CC1. The molecule has 2 aliphatic rings. The van der Waals surface area contributed by atoms with E-state index in [0.29, 0.717) is 32.5 Å². The minimum absolute atomic E-state index is 0.0997. The normalized spacial score (nSPS) is 18.9. The number of carboxylic acid groups (broad SMARTS) is 1. The molecule has 2 fully saturated rings. The maximum absolute atomic E-state index is 12.4. The fourth-order valence-electron chi connectivity index (χ4n) is 3.72. The molecule has 136 valence electrons. The number of rotatable bonds is 4. The van der Waals surface area contributed by atoms with Gasteiger partial charge in [0.15, 0.2) is 0 Å². The number of carbonyl (C=O) groups is 2. The molecule has 0 saturated carbocycles. The third-order valence-corrected chi connectivity index (χ3v) is 5.25. The highest BCUT2D eigenvalue weighted by Crippen LogP contribution is 2.24. The van der Waals surface area contributed by atoms with Crippen LogP contribution in [0.3, 0.4) is 0 Å². The van der Waals surface area contributed by atoms with Gasteiger partial charge in [-0.15, -0.1) is 0 Å². The predicted octanol–water partition coefficient (Wildman–Crippen LogP) is 2.68. The Kier molecular flexibility index (Phi) is 5.79. The summed E-state index contributed by atoms with van der Waals surface area (Å²) in [6.45, 7) is 3.68. The molecule has 0 aliphatic carbocycles. The lowest BCUT2D eigenvalue weighted by Gasteiger charge is -2.32. The summed E-state index contributed by atoms with van der Waals surface area (Å²) in [6.07, 6.45) is 4.81. The van der Waals surface area contributed by atoms with Gasteiger partial charge in [-0.1, -0.05) is 18.2 Å². The van der Waals surface area contributed by atoms with Crippen molar-refractivity contribution in [1.29, 1.82) is 0 Å². The third-order valence-electron chi connectivity index (χ3n) is 5.25. The monoisotopic (exact) mass is 345 g/mol. The van der Waals surface area contributed by atoms with Crippen LogP contribution in [0.15, 0.2) is 24.3 Å². The number of nitrogens with zero attached hydrogens (tertiary/aromatic N) is 2. The molecule has 6 nitrogen and oxygen atoms in total. The average Bonchev–Trinajstić information content (AvgIpc) is 2.67. The zero-order valence-corrected chi connectivity index (χ0v) is 14.6. The molecule has 25 heavy (non-hydrogen) atoms. The van der Waals surface area contributed by atoms with E-state index >= 15 is 0 Å². The molecule has 1 aromatic carbocycles. The maximum atomic E-state index is 12.4. The Labute approximate surface area is 148 Å². The molecule has 0 bridgehead atoms. The molecule has 2 aliphatic heterocycles. The number of amides is 2. The molecule has 1 aromatic rings. The van der Waals surface area contributed by atoms with Crippen molar-refractivity contribution in [3.63, 3.8) is 0 Å². The Hall–Kier alpha value is -2.24. The lowest BCUT2D eigenvalue weighted by molar-refractivity contribution is -0.143. The first-order valence-electron chi connectivity index (χ1n) is 9.23. The average molecular weight is 345 g/mol. The van der Waals surface area contributed by atoms with Gasteiger partial charge in [0.2, 0.25) is 0 Å². The number of carboxylic acids is 1. The van der Waals surface area contributed by atoms with Crippen LogP contribution in [0.25, 0.3) is 0 Å². The molecule has 0 aromatic heterocycles. The second-order valence-electron chi connectivity index (χ2n) is 6.93. The van der Waals surface area contributed by atoms with E-state index in [1.54, 1.807) is 4.90 Å². The first kappa shape index (κ1) is 17.6. The molecule has 0 spiro atoms. The summed E-state index contributed by atoms with van der Waals surface area (Å²) < 4.78 is 0. The highest BCUT2D eigenvalue weighted by molar-refractivity contribution is 5.75. The number of hydrogen-bond donors (Lipinski definition) is 2. The van der Waals surface area contributed by atoms with Crippen LogP contribution in [0, 0.1) is 5.92 Å². The number of aliphatic carboxylic acids is 1. The zero-order chi connectivity index (χ0) is 17.6. The Balaban J connectivity index is 1.55. The van der Waals surface area contributed by atoms with Crippen molar-refractivity contribution in [3.8, 4) is 0 Å². The van der Waals surface area contributed by atoms with Gasteiger partial charge in [0.1, 0.15) is 0 Å². The highest BCUT2D eigenvalue weighted by Gasteiger charge is 2.27. The van der Waals surface area contributed by atoms with E-state index in [1.165, 1.54) is 24.9 Å². The zero-order valence-electron chi connectivity index (χ0n) is 14.6. The summed E-state index contributed by atoms with van der Waals surface area (Å²) in [7, 11) is 0. The van der Waals surface area contributed by atoms with Gasteiger partial charge in [0.05, 0.1) is 5.92 Å². The first-order chi connectivity index (χ1) is 12.1. The number of para-hydroxylation sites is 1. The van der Waals surface area contributed by atoms with Crippen molar-refractivity contribution >= 4 is 17.7 Å². The van der Waals surface area contributed by atoms with E-state index in [-0.39, 0.29) is 11.9 Å². The van der Waals surface area contributed by atoms with Gasteiger partial charge >= 0.3 is 12.0 Å².